The zero-order valence-corrected chi connectivity index (χ0v) is 16.9. The second kappa shape index (κ2) is 5.89. The van der Waals surface area contributed by atoms with Crippen molar-refractivity contribution in [2.75, 3.05) is 0 Å². The summed E-state index contributed by atoms with van der Waals surface area (Å²) in [6.07, 6.45) is 8.50. The second-order valence-electron chi connectivity index (χ2n) is 10.2. The number of benzene rings is 1. The number of nitrogens with one attached hydrogen (secondary N) is 1. The van der Waals surface area contributed by atoms with Crippen molar-refractivity contribution >= 4 is 11.6 Å². The van der Waals surface area contributed by atoms with Crippen molar-refractivity contribution in [1.82, 2.24) is 5.32 Å². The van der Waals surface area contributed by atoms with Crippen molar-refractivity contribution in [2.24, 2.45) is 16.7 Å². The Bertz CT molecular complexity index is 652. The maximum Gasteiger partial charge on any atom is 0.138 e. The van der Waals surface area contributed by atoms with Gasteiger partial charge < -0.3 is 10.1 Å². The maximum atomic E-state index is 6.42. The molecule has 2 nitrogen and oxygen atoms in total. The number of ether oxygens (including phenoxy) is 1. The van der Waals surface area contributed by atoms with Gasteiger partial charge in [-0.2, -0.15) is 0 Å². The summed E-state index contributed by atoms with van der Waals surface area (Å²) in [6, 6.07) is 6.23. The van der Waals surface area contributed by atoms with Gasteiger partial charge in [0.15, 0.2) is 0 Å². The van der Waals surface area contributed by atoms with Crippen LogP contribution in [0.15, 0.2) is 18.2 Å². The highest BCUT2D eigenvalue weighted by Crippen LogP contribution is 2.66. The third-order valence-electron chi connectivity index (χ3n) is 6.65. The summed E-state index contributed by atoms with van der Waals surface area (Å²) in [5.41, 5.74) is 2.69. The molecule has 0 aromatic heterocycles. The molecule has 4 aliphatic rings. The first-order valence-corrected chi connectivity index (χ1v) is 10.3. The molecule has 4 saturated carbocycles. The van der Waals surface area contributed by atoms with Crippen LogP contribution >= 0.6 is 11.6 Å². The standard InChI is InChI=1S/C22H32ClNO/c1-15(2)25-19-6-5-16(7-18(19)23)11-24-22-10-17-8-20(3,13-22)12-21(4,9-17)14-22/h5-7,15,17,24H,8-14H2,1-4H3/t17?,20-,21+,22?. The highest BCUT2D eigenvalue weighted by Gasteiger charge is 2.59. The van der Waals surface area contributed by atoms with E-state index >= 15 is 0 Å². The van der Waals surface area contributed by atoms with Gasteiger partial charge in [0, 0.05) is 12.1 Å². The molecule has 1 N–H and O–H groups in total. The molecule has 0 heterocycles. The number of halogens is 1. The molecule has 0 spiro atoms. The van der Waals surface area contributed by atoms with E-state index in [0.29, 0.717) is 16.4 Å². The predicted molar refractivity (Wildman–Crippen MR) is 104 cm³/mol. The van der Waals surface area contributed by atoms with E-state index in [1.165, 1.54) is 44.1 Å². The van der Waals surface area contributed by atoms with Crippen LogP contribution in [0.1, 0.15) is 71.8 Å². The van der Waals surface area contributed by atoms with Gasteiger partial charge in [-0.05, 0) is 86.8 Å². The summed E-state index contributed by atoms with van der Waals surface area (Å²) in [5, 5.41) is 4.70. The Balaban J connectivity index is 1.47. The first-order valence-electron chi connectivity index (χ1n) is 9.89. The lowest BCUT2D eigenvalue weighted by Gasteiger charge is -2.65. The molecule has 4 atom stereocenters. The molecular weight excluding hydrogens is 330 g/mol. The third kappa shape index (κ3) is 3.45. The summed E-state index contributed by atoms with van der Waals surface area (Å²) in [7, 11) is 0. The Morgan fingerprint density at radius 1 is 1.12 bits per heavy atom. The van der Waals surface area contributed by atoms with Crippen molar-refractivity contribution in [3.05, 3.63) is 28.8 Å². The van der Waals surface area contributed by atoms with E-state index in [1.54, 1.807) is 0 Å². The minimum Gasteiger partial charge on any atom is -0.489 e. The van der Waals surface area contributed by atoms with Gasteiger partial charge in [0.2, 0.25) is 0 Å². The molecule has 1 aromatic carbocycles. The molecule has 4 aliphatic carbocycles. The largest absolute Gasteiger partial charge is 0.489 e. The van der Waals surface area contributed by atoms with Crippen LogP contribution in [0.5, 0.6) is 5.75 Å². The average Bonchev–Trinajstić information content (AvgIpc) is 2.43. The molecule has 4 bridgehead atoms. The Labute approximate surface area is 157 Å². The van der Waals surface area contributed by atoms with Crippen LogP contribution in [0.2, 0.25) is 5.02 Å². The molecule has 0 amide bonds. The number of hydrogen-bond donors (Lipinski definition) is 1. The molecule has 4 fully saturated rings. The molecule has 3 heteroatoms. The fourth-order valence-corrected chi connectivity index (χ4v) is 7.19. The van der Waals surface area contributed by atoms with E-state index in [0.717, 1.165) is 23.2 Å². The van der Waals surface area contributed by atoms with Crippen LogP contribution in [0.25, 0.3) is 0 Å². The van der Waals surface area contributed by atoms with E-state index in [4.69, 9.17) is 16.3 Å². The van der Waals surface area contributed by atoms with Gasteiger partial charge in [0.25, 0.3) is 0 Å². The molecule has 0 saturated heterocycles. The minimum atomic E-state index is 0.148. The fourth-order valence-electron chi connectivity index (χ4n) is 6.94. The molecular formula is C22H32ClNO. The Morgan fingerprint density at radius 2 is 1.80 bits per heavy atom. The first-order chi connectivity index (χ1) is 11.7. The van der Waals surface area contributed by atoms with Gasteiger partial charge in [-0.1, -0.05) is 31.5 Å². The zero-order valence-electron chi connectivity index (χ0n) is 16.1. The van der Waals surface area contributed by atoms with Crippen molar-refractivity contribution in [3.8, 4) is 5.75 Å². The SMILES string of the molecule is CC(C)Oc1ccc(CNC23CC4C[C@@](C)(C2)C[C@](C)(C4)C3)cc1Cl. The minimum absolute atomic E-state index is 0.148. The number of hydrogen-bond acceptors (Lipinski definition) is 2. The normalized spacial score (nSPS) is 39.2. The summed E-state index contributed by atoms with van der Waals surface area (Å²) < 4.78 is 5.75. The van der Waals surface area contributed by atoms with Crippen molar-refractivity contribution in [1.29, 1.82) is 0 Å². The summed E-state index contributed by atoms with van der Waals surface area (Å²) in [5.74, 6) is 1.71. The van der Waals surface area contributed by atoms with Crippen molar-refractivity contribution in [2.45, 2.75) is 84.4 Å². The molecule has 25 heavy (non-hydrogen) atoms. The van der Waals surface area contributed by atoms with Crippen molar-refractivity contribution in [3.63, 3.8) is 0 Å². The van der Waals surface area contributed by atoms with E-state index in [2.05, 4.69) is 31.3 Å². The van der Waals surface area contributed by atoms with Crippen LogP contribution in [-0.4, -0.2) is 11.6 Å². The van der Waals surface area contributed by atoms with E-state index < -0.39 is 0 Å². The molecule has 2 unspecified atom stereocenters. The monoisotopic (exact) mass is 361 g/mol. The third-order valence-corrected chi connectivity index (χ3v) is 6.95. The maximum absolute atomic E-state index is 6.42. The lowest BCUT2D eigenvalue weighted by atomic mass is 9.43. The summed E-state index contributed by atoms with van der Waals surface area (Å²) in [4.78, 5) is 0. The fraction of sp³-hybridized carbons (Fsp3) is 0.727. The summed E-state index contributed by atoms with van der Waals surface area (Å²) >= 11 is 6.42. The van der Waals surface area contributed by atoms with Crippen LogP contribution in [-0.2, 0) is 6.54 Å². The molecule has 1 aromatic rings. The zero-order chi connectivity index (χ0) is 17.9. The van der Waals surface area contributed by atoms with Gasteiger partial charge in [-0.25, -0.2) is 0 Å². The van der Waals surface area contributed by atoms with E-state index in [1.807, 2.05) is 19.9 Å². The van der Waals surface area contributed by atoms with Gasteiger partial charge in [-0.3, -0.25) is 0 Å². The van der Waals surface area contributed by atoms with Crippen LogP contribution in [0.3, 0.4) is 0 Å². The van der Waals surface area contributed by atoms with Crippen LogP contribution < -0.4 is 10.1 Å². The van der Waals surface area contributed by atoms with Gasteiger partial charge in [0.1, 0.15) is 5.75 Å². The van der Waals surface area contributed by atoms with Crippen molar-refractivity contribution < 1.29 is 4.74 Å². The van der Waals surface area contributed by atoms with Gasteiger partial charge >= 0.3 is 0 Å². The highest BCUT2D eigenvalue weighted by atomic mass is 35.5. The van der Waals surface area contributed by atoms with E-state index in [9.17, 15) is 0 Å². The molecule has 138 valence electrons. The molecule has 0 radical (unpaired) electrons. The first kappa shape index (κ1) is 17.7. The Kier molecular flexibility index (Phi) is 4.16. The number of rotatable bonds is 5. The quantitative estimate of drug-likeness (QED) is 0.697. The van der Waals surface area contributed by atoms with E-state index in [-0.39, 0.29) is 6.10 Å². The average molecular weight is 362 g/mol. The molecule has 5 rings (SSSR count). The van der Waals surface area contributed by atoms with Gasteiger partial charge in [0.05, 0.1) is 11.1 Å². The van der Waals surface area contributed by atoms with Crippen LogP contribution in [0, 0.1) is 16.7 Å². The predicted octanol–water partition coefficient (Wildman–Crippen LogP) is 5.97. The van der Waals surface area contributed by atoms with Crippen LogP contribution in [0.4, 0.5) is 0 Å². The lowest BCUT2D eigenvalue weighted by Crippen LogP contribution is -2.63. The topological polar surface area (TPSA) is 21.3 Å². The summed E-state index contributed by atoms with van der Waals surface area (Å²) in [6.45, 7) is 10.0. The Hall–Kier alpha value is -0.730. The molecule has 0 aliphatic heterocycles. The Morgan fingerprint density at radius 3 is 2.36 bits per heavy atom. The second-order valence-corrected chi connectivity index (χ2v) is 10.6. The smallest absolute Gasteiger partial charge is 0.138 e. The lowest BCUT2D eigenvalue weighted by molar-refractivity contribution is -0.118. The van der Waals surface area contributed by atoms with Gasteiger partial charge in [-0.15, -0.1) is 0 Å². The highest BCUT2D eigenvalue weighted by molar-refractivity contribution is 6.32.